The van der Waals surface area contributed by atoms with Crippen LogP contribution < -0.4 is 10.6 Å². The molecule has 2 aromatic heterocycles. The number of aryl methyl sites for hydroxylation is 1. The van der Waals surface area contributed by atoms with E-state index < -0.39 is 11.2 Å². The molecule has 10 heteroatoms. The number of thiophene rings is 1. The fourth-order valence-corrected chi connectivity index (χ4v) is 6.11. The summed E-state index contributed by atoms with van der Waals surface area (Å²) >= 11 is 4.00. The summed E-state index contributed by atoms with van der Waals surface area (Å²) in [6.07, 6.45) is 0. The number of esters is 1. The minimum atomic E-state index is -0.459. The lowest BCUT2D eigenvalue weighted by Crippen LogP contribution is -2.23. The molecular weight excluding hydrogens is 501 g/mol. The molecule has 1 amide bonds. The molecule has 4 aromatic rings. The van der Waals surface area contributed by atoms with E-state index >= 15 is 0 Å². The van der Waals surface area contributed by atoms with Crippen molar-refractivity contribution in [2.24, 2.45) is 0 Å². The summed E-state index contributed by atoms with van der Waals surface area (Å²) in [5, 5.41) is 17.1. The van der Waals surface area contributed by atoms with E-state index in [1.807, 2.05) is 66.9 Å². The largest absolute Gasteiger partial charge is 0.462 e. The first-order valence-electron chi connectivity index (χ1n) is 10.9. The number of carbonyl (C=O) groups excluding carboxylic acids is 2. The van der Waals surface area contributed by atoms with Crippen LogP contribution in [0.15, 0.2) is 64.3 Å². The van der Waals surface area contributed by atoms with E-state index in [9.17, 15) is 9.59 Å². The minimum Gasteiger partial charge on any atom is -0.462 e. The van der Waals surface area contributed by atoms with E-state index in [2.05, 4.69) is 20.8 Å². The highest BCUT2D eigenvalue weighted by Gasteiger charge is 2.25. The monoisotopic (exact) mass is 524 g/mol. The summed E-state index contributed by atoms with van der Waals surface area (Å²) in [4.78, 5) is 25.7. The van der Waals surface area contributed by atoms with Crippen LogP contribution in [0.25, 0.3) is 11.1 Å². The van der Waals surface area contributed by atoms with Gasteiger partial charge in [-0.2, -0.15) is 0 Å². The normalized spacial score (nSPS) is 11.6. The summed E-state index contributed by atoms with van der Waals surface area (Å²) in [5.74, 6) is -0.690. The zero-order valence-corrected chi connectivity index (χ0v) is 21.9. The first-order chi connectivity index (χ1) is 17.0. The molecule has 1 atom stereocenters. The first kappa shape index (κ1) is 24.9. The summed E-state index contributed by atoms with van der Waals surface area (Å²) in [6, 6.07) is 17.5. The Morgan fingerprint density at radius 3 is 2.57 bits per heavy atom. The van der Waals surface area contributed by atoms with Gasteiger partial charge in [0.15, 0.2) is 4.34 Å². The van der Waals surface area contributed by atoms with E-state index in [4.69, 9.17) is 4.74 Å². The van der Waals surface area contributed by atoms with Gasteiger partial charge in [-0.05, 0) is 38.0 Å². The SMILES string of the molecule is CCOC(=O)c1c(-c2ccccc2)csc1NC(=O)C(C)Sc1nnc(Nc2ccccc2C)s1. The van der Waals surface area contributed by atoms with Crippen LogP contribution in [0.2, 0.25) is 0 Å². The van der Waals surface area contributed by atoms with Gasteiger partial charge in [0.1, 0.15) is 10.6 Å². The van der Waals surface area contributed by atoms with Crippen molar-refractivity contribution in [1.29, 1.82) is 0 Å². The molecule has 0 fully saturated rings. The minimum absolute atomic E-state index is 0.231. The van der Waals surface area contributed by atoms with Gasteiger partial charge in [-0.15, -0.1) is 21.5 Å². The number of para-hydroxylation sites is 1. The number of benzene rings is 2. The maximum Gasteiger partial charge on any atom is 0.341 e. The lowest BCUT2D eigenvalue weighted by atomic mass is 10.0. The number of ether oxygens (including phenoxy) is 1. The molecule has 0 aliphatic carbocycles. The molecule has 2 aromatic carbocycles. The lowest BCUT2D eigenvalue weighted by Gasteiger charge is -2.11. The summed E-state index contributed by atoms with van der Waals surface area (Å²) in [7, 11) is 0. The highest BCUT2D eigenvalue weighted by molar-refractivity contribution is 8.02. The van der Waals surface area contributed by atoms with Crippen LogP contribution in [0.4, 0.5) is 15.8 Å². The number of hydrogen-bond donors (Lipinski definition) is 2. The topological polar surface area (TPSA) is 93.2 Å². The van der Waals surface area contributed by atoms with E-state index in [0.29, 0.717) is 20.0 Å². The van der Waals surface area contributed by atoms with Gasteiger partial charge in [0.25, 0.3) is 0 Å². The highest BCUT2D eigenvalue weighted by atomic mass is 32.2. The smallest absolute Gasteiger partial charge is 0.341 e. The average molecular weight is 525 g/mol. The second-order valence-corrected chi connectivity index (χ2v) is 10.9. The van der Waals surface area contributed by atoms with Gasteiger partial charge in [-0.3, -0.25) is 4.79 Å². The number of anilines is 3. The van der Waals surface area contributed by atoms with Crippen molar-refractivity contribution >= 4 is 62.1 Å². The maximum absolute atomic E-state index is 13.0. The van der Waals surface area contributed by atoms with Gasteiger partial charge in [0.2, 0.25) is 11.0 Å². The Morgan fingerprint density at radius 2 is 1.83 bits per heavy atom. The molecule has 0 saturated heterocycles. The highest BCUT2D eigenvalue weighted by Crippen LogP contribution is 2.37. The predicted octanol–water partition coefficient (Wildman–Crippen LogP) is 6.61. The van der Waals surface area contributed by atoms with Crippen molar-refractivity contribution < 1.29 is 14.3 Å². The fraction of sp³-hybridized carbons (Fsp3) is 0.200. The number of nitrogens with one attached hydrogen (secondary N) is 2. The average Bonchev–Trinajstić information content (AvgIpc) is 3.48. The Hall–Kier alpha value is -3.21. The van der Waals surface area contributed by atoms with Gasteiger partial charge < -0.3 is 15.4 Å². The number of thioether (sulfide) groups is 1. The molecule has 0 radical (unpaired) electrons. The van der Waals surface area contributed by atoms with Gasteiger partial charge in [-0.1, -0.05) is 71.6 Å². The second kappa shape index (κ2) is 11.5. The van der Waals surface area contributed by atoms with Gasteiger partial charge in [-0.25, -0.2) is 4.79 Å². The zero-order valence-electron chi connectivity index (χ0n) is 19.4. The second-order valence-electron chi connectivity index (χ2n) is 7.50. The van der Waals surface area contributed by atoms with Crippen molar-refractivity contribution in [3.63, 3.8) is 0 Å². The van der Waals surface area contributed by atoms with Crippen molar-refractivity contribution in [3.05, 3.63) is 71.1 Å². The molecule has 7 nitrogen and oxygen atoms in total. The van der Waals surface area contributed by atoms with Crippen molar-refractivity contribution in [3.8, 4) is 11.1 Å². The molecule has 0 aliphatic rings. The van der Waals surface area contributed by atoms with Crippen LogP contribution in [-0.2, 0) is 9.53 Å². The van der Waals surface area contributed by atoms with Crippen LogP contribution in [0.5, 0.6) is 0 Å². The molecule has 0 bridgehead atoms. The van der Waals surface area contributed by atoms with E-state index in [1.165, 1.54) is 34.4 Å². The Bertz CT molecular complexity index is 1320. The molecule has 180 valence electrons. The van der Waals surface area contributed by atoms with Gasteiger partial charge >= 0.3 is 5.97 Å². The summed E-state index contributed by atoms with van der Waals surface area (Å²) < 4.78 is 5.95. The third-order valence-corrected chi connectivity index (χ3v) is 7.95. The van der Waals surface area contributed by atoms with Crippen molar-refractivity contribution in [1.82, 2.24) is 10.2 Å². The fourth-order valence-electron chi connectivity index (χ4n) is 3.24. The first-order valence-corrected chi connectivity index (χ1v) is 13.5. The quantitative estimate of drug-likeness (QED) is 0.188. The third-order valence-electron chi connectivity index (χ3n) is 5.03. The van der Waals surface area contributed by atoms with Crippen molar-refractivity contribution in [2.75, 3.05) is 17.2 Å². The molecule has 0 saturated carbocycles. The number of aromatic nitrogens is 2. The van der Waals surface area contributed by atoms with Crippen LogP contribution >= 0.6 is 34.4 Å². The molecule has 1 unspecified atom stereocenters. The number of hydrogen-bond acceptors (Lipinski definition) is 9. The molecule has 35 heavy (non-hydrogen) atoms. The van der Waals surface area contributed by atoms with Gasteiger partial charge in [0, 0.05) is 16.6 Å². The van der Waals surface area contributed by atoms with E-state index in [1.54, 1.807) is 13.8 Å². The molecule has 0 spiro atoms. The van der Waals surface area contributed by atoms with Crippen molar-refractivity contribution in [2.45, 2.75) is 30.4 Å². The van der Waals surface area contributed by atoms with Crippen LogP contribution in [0.1, 0.15) is 29.8 Å². The standard InChI is InChI=1S/C25H24N4O3S3/c1-4-32-23(31)20-18(17-11-6-5-7-12-17)14-33-22(20)27-21(30)16(3)34-25-29-28-24(35-25)26-19-13-9-8-10-15(19)2/h5-14,16H,4H2,1-3H3,(H,26,28)(H,27,30). The summed E-state index contributed by atoms with van der Waals surface area (Å²) in [5.41, 5.74) is 4.06. The zero-order chi connectivity index (χ0) is 24.8. The predicted molar refractivity (Wildman–Crippen MR) is 144 cm³/mol. The number of carbonyl (C=O) groups is 2. The summed E-state index contributed by atoms with van der Waals surface area (Å²) in [6.45, 7) is 5.82. The molecule has 0 aliphatic heterocycles. The Morgan fingerprint density at radius 1 is 1.09 bits per heavy atom. The van der Waals surface area contributed by atoms with E-state index in [-0.39, 0.29) is 12.5 Å². The Balaban J connectivity index is 1.46. The maximum atomic E-state index is 13.0. The molecule has 2 heterocycles. The van der Waals surface area contributed by atoms with Crippen LogP contribution in [-0.4, -0.2) is 33.9 Å². The number of rotatable bonds is 9. The molecule has 2 N–H and O–H groups in total. The molecule has 4 rings (SSSR count). The molecular formula is C25H24N4O3S3. The number of nitrogens with zero attached hydrogens (tertiary/aromatic N) is 2. The van der Waals surface area contributed by atoms with Crippen LogP contribution in [0, 0.1) is 6.92 Å². The number of amides is 1. The van der Waals surface area contributed by atoms with E-state index in [0.717, 1.165) is 22.4 Å². The van der Waals surface area contributed by atoms with Gasteiger partial charge in [0.05, 0.1) is 11.9 Å². The third kappa shape index (κ3) is 6.08. The Kier molecular flexibility index (Phi) is 8.17. The lowest BCUT2D eigenvalue weighted by molar-refractivity contribution is -0.115. The van der Waals surface area contributed by atoms with Crippen LogP contribution in [0.3, 0.4) is 0 Å². The Labute approximate surface area is 216 Å².